The van der Waals surface area contributed by atoms with Gasteiger partial charge in [0.25, 0.3) is 5.91 Å². The molecular weight excluding hydrogens is 250 g/mol. The topological polar surface area (TPSA) is 59.2 Å². The molecule has 104 valence electrons. The SMILES string of the molecule is CCN(C(=O)c1cc(C)nc(N)c1)c1cccc(C)c1. The number of nitrogen functional groups attached to an aromatic ring is 1. The van der Waals surface area contributed by atoms with Gasteiger partial charge in [0, 0.05) is 23.5 Å². The highest BCUT2D eigenvalue weighted by molar-refractivity contribution is 6.06. The second-order valence-corrected chi connectivity index (χ2v) is 4.81. The molecule has 0 fully saturated rings. The molecule has 0 saturated carbocycles. The van der Waals surface area contributed by atoms with E-state index >= 15 is 0 Å². The molecule has 1 heterocycles. The minimum absolute atomic E-state index is 0.0599. The van der Waals surface area contributed by atoms with Crippen LogP contribution in [-0.4, -0.2) is 17.4 Å². The van der Waals surface area contributed by atoms with Crippen LogP contribution in [0.25, 0.3) is 0 Å². The van der Waals surface area contributed by atoms with E-state index in [1.165, 1.54) is 0 Å². The van der Waals surface area contributed by atoms with Crippen molar-refractivity contribution >= 4 is 17.4 Å². The summed E-state index contributed by atoms with van der Waals surface area (Å²) < 4.78 is 0. The minimum Gasteiger partial charge on any atom is -0.384 e. The van der Waals surface area contributed by atoms with E-state index < -0.39 is 0 Å². The highest BCUT2D eigenvalue weighted by Crippen LogP contribution is 2.19. The summed E-state index contributed by atoms with van der Waals surface area (Å²) in [5.41, 5.74) is 9.05. The molecule has 2 N–H and O–H groups in total. The van der Waals surface area contributed by atoms with Gasteiger partial charge in [-0.25, -0.2) is 4.98 Å². The van der Waals surface area contributed by atoms with E-state index in [1.807, 2.05) is 45.0 Å². The average molecular weight is 269 g/mol. The summed E-state index contributed by atoms with van der Waals surface area (Å²) in [5.74, 6) is 0.309. The molecule has 1 aromatic heterocycles. The summed E-state index contributed by atoms with van der Waals surface area (Å²) in [5, 5.41) is 0. The Balaban J connectivity index is 2.38. The zero-order valence-corrected chi connectivity index (χ0v) is 12.1. The van der Waals surface area contributed by atoms with Gasteiger partial charge in [0.1, 0.15) is 5.82 Å². The number of hydrogen-bond acceptors (Lipinski definition) is 3. The summed E-state index contributed by atoms with van der Waals surface area (Å²) in [7, 11) is 0. The lowest BCUT2D eigenvalue weighted by molar-refractivity contribution is 0.0988. The Morgan fingerprint density at radius 1 is 1.25 bits per heavy atom. The van der Waals surface area contributed by atoms with Gasteiger partial charge < -0.3 is 10.6 Å². The highest BCUT2D eigenvalue weighted by atomic mass is 16.2. The highest BCUT2D eigenvalue weighted by Gasteiger charge is 2.17. The number of carbonyl (C=O) groups excluding carboxylic acids is 1. The summed E-state index contributed by atoms with van der Waals surface area (Å²) >= 11 is 0. The molecule has 4 heteroatoms. The first-order chi connectivity index (χ1) is 9.51. The molecule has 0 aliphatic heterocycles. The van der Waals surface area contributed by atoms with Crippen LogP contribution in [0.4, 0.5) is 11.5 Å². The van der Waals surface area contributed by atoms with Gasteiger partial charge in [0.15, 0.2) is 0 Å². The van der Waals surface area contributed by atoms with Crippen LogP contribution in [0, 0.1) is 13.8 Å². The first-order valence-electron chi connectivity index (χ1n) is 6.64. The van der Waals surface area contributed by atoms with Crippen molar-refractivity contribution in [3.05, 3.63) is 53.2 Å². The fourth-order valence-electron chi connectivity index (χ4n) is 2.21. The quantitative estimate of drug-likeness (QED) is 0.932. The van der Waals surface area contributed by atoms with Gasteiger partial charge >= 0.3 is 0 Å². The molecule has 0 radical (unpaired) electrons. The van der Waals surface area contributed by atoms with Crippen molar-refractivity contribution in [2.75, 3.05) is 17.2 Å². The third-order valence-electron chi connectivity index (χ3n) is 3.09. The second-order valence-electron chi connectivity index (χ2n) is 4.81. The van der Waals surface area contributed by atoms with E-state index in [2.05, 4.69) is 4.98 Å². The number of nitrogens with zero attached hydrogens (tertiary/aromatic N) is 2. The van der Waals surface area contributed by atoms with Gasteiger partial charge in [-0.05, 0) is 50.6 Å². The average Bonchev–Trinajstić information content (AvgIpc) is 2.38. The fourth-order valence-corrected chi connectivity index (χ4v) is 2.21. The van der Waals surface area contributed by atoms with Crippen molar-refractivity contribution in [1.29, 1.82) is 0 Å². The largest absolute Gasteiger partial charge is 0.384 e. The molecule has 0 aliphatic rings. The van der Waals surface area contributed by atoms with E-state index in [0.717, 1.165) is 16.9 Å². The lowest BCUT2D eigenvalue weighted by Gasteiger charge is -2.21. The van der Waals surface area contributed by atoms with E-state index in [9.17, 15) is 4.79 Å². The summed E-state index contributed by atoms with van der Waals surface area (Å²) in [6.45, 7) is 6.40. The predicted octanol–water partition coefficient (Wildman–Crippen LogP) is 2.95. The Labute approximate surface area is 119 Å². The molecule has 2 rings (SSSR count). The Morgan fingerprint density at radius 3 is 2.60 bits per heavy atom. The van der Waals surface area contributed by atoms with Crippen molar-refractivity contribution in [3.8, 4) is 0 Å². The molecule has 0 spiro atoms. The third-order valence-corrected chi connectivity index (χ3v) is 3.09. The van der Waals surface area contributed by atoms with Gasteiger partial charge in [0.05, 0.1) is 0 Å². The smallest absolute Gasteiger partial charge is 0.258 e. The zero-order chi connectivity index (χ0) is 14.7. The number of aryl methyl sites for hydroxylation is 2. The van der Waals surface area contributed by atoms with Gasteiger partial charge in [-0.15, -0.1) is 0 Å². The lowest BCUT2D eigenvalue weighted by atomic mass is 10.1. The Bertz CT molecular complexity index is 617. The maximum Gasteiger partial charge on any atom is 0.258 e. The lowest BCUT2D eigenvalue weighted by Crippen LogP contribution is -2.30. The predicted molar refractivity (Wildman–Crippen MR) is 81.9 cm³/mol. The number of anilines is 2. The summed E-state index contributed by atoms with van der Waals surface area (Å²) in [6.07, 6.45) is 0. The maximum atomic E-state index is 12.6. The summed E-state index contributed by atoms with van der Waals surface area (Å²) in [4.78, 5) is 18.5. The number of benzene rings is 1. The van der Waals surface area contributed by atoms with Crippen LogP contribution >= 0.6 is 0 Å². The molecule has 0 aliphatic carbocycles. The van der Waals surface area contributed by atoms with Crippen LogP contribution in [0.5, 0.6) is 0 Å². The fraction of sp³-hybridized carbons (Fsp3) is 0.250. The standard InChI is InChI=1S/C16H19N3O/c1-4-19(14-7-5-6-11(2)8-14)16(20)13-9-12(3)18-15(17)10-13/h5-10H,4H2,1-3H3,(H2,17,18). The zero-order valence-electron chi connectivity index (χ0n) is 12.1. The molecular formula is C16H19N3O. The van der Waals surface area contributed by atoms with Gasteiger partial charge in [-0.2, -0.15) is 0 Å². The molecule has 4 nitrogen and oxygen atoms in total. The van der Waals surface area contributed by atoms with Crippen LogP contribution in [0.3, 0.4) is 0 Å². The summed E-state index contributed by atoms with van der Waals surface area (Å²) in [6, 6.07) is 11.3. The minimum atomic E-state index is -0.0599. The van der Waals surface area contributed by atoms with Crippen LogP contribution in [0.15, 0.2) is 36.4 Å². The number of hydrogen-bond donors (Lipinski definition) is 1. The molecule has 0 atom stereocenters. The van der Waals surface area contributed by atoms with Crippen molar-refractivity contribution < 1.29 is 4.79 Å². The first-order valence-corrected chi connectivity index (χ1v) is 6.64. The molecule has 0 unspecified atom stereocenters. The Morgan fingerprint density at radius 2 is 2.00 bits per heavy atom. The van der Waals surface area contributed by atoms with Crippen LogP contribution in [0.2, 0.25) is 0 Å². The molecule has 1 amide bonds. The molecule has 0 saturated heterocycles. The van der Waals surface area contributed by atoms with Crippen LogP contribution in [0.1, 0.15) is 28.5 Å². The Kier molecular flexibility index (Phi) is 4.03. The van der Waals surface area contributed by atoms with E-state index in [0.29, 0.717) is 17.9 Å². The third kappa shape index (κ3) is 2.96. The van der Waals surface area contributed by atoms with Gasteiger partial charge in [-0.1, -0.05) is 12.1 Å². The van der Waals surface area contributed by atoms with E-state index in [4.69, 9.17) is 5.73 Å². The Hall–Kier alpha value is -2.36. The number of aromatic nitrogens is 1. The normalized spacial score (nSPS) is 10.3. The molecule has 20 heavy (non-hydrogen) atoms. The number of amides is 1. The monoisotopic (exact) mass is 269 g/mol. The van der Waals surface area contributed by atoms with E-state index in [-0.39, 0.29) is 5.91 Å². The molecule has 2 aromatic rings. The van der Waals surface area contributed by atoms with Crippen molar-refractivity contribution in [1.82, 2.24) is 4.98 Å². The van der Waals surface area contributed by atoms with Crippen LogP contribution in [-0.2, 0) is 0 Å². The number of pyridine rings is 1. The van der Waals surface area contributed by atoms with Crippen molar-refractivity contribution in [3.63, 3.8) is 0 Å². The maximum absolute atomic E-state index is 12.6. The number of rotatable bonds is 3. The molecule has 1 aromatic carbocycles. The van der Waals surface area contributed by atoms with Gasteiger partial charge in [-0.3, -0.25) is 4.79 Å². The van der Waals surface area contributed by atoms with Gasteiger partial charge in [0.2, 0.25) is 0 Å². The van der Waals surface area contributed by atoms with Crippen molar-refractivity contribution in [2.45, 2.75) is 20.8 Å². The van der Waals surface area contributed by atoms with E-state index in [1.54, 1.807) is 17.0 Å². The second kappa shape index (κ2) is 5.74. The number of carbonyl (C=O) groups is 1. The number of nitrogens with two attached hydrogens (primary N) is 1. The molecule has 0 bridgehead atoms. The van der Waals surface area contributed by atoms with Crippen molar-refractivity contribution in [2.24, 2.45) is 0 Å². The van der Waals surface area contributed by atoms with Crippen LogP contribution < -0.4 is 10.6 Å². The first kappa shape index (κ1) is 14.1.